The van der Waals surface area contributed by atoms with E-state index in [2.05, 4.69) is 53.6 Å². The lowest BCUT2D eigenvalue weighted by Crippen LogP contribution is -2.12. The van der Waals surface area contributed by atoms with Crippen molar-refractivity contribution in [2.24, 2.45) is 0 Å². The molecule has 1 unspecified atom stereocenters. The van der Waals surface area contributed by atoms with Gasteiger partial charge in [0, 0.05) is 16.9 Å². The quantitative estimate of drug-likeness (QED) is 0.837. The highest BCUT2D eigenvalue weighted by Crippen LogP contribution is 2.27. The minimum absolute atomic E-state index is 0.269. The molecule has 0 spiro atoms. The van der Waals surface area contributed by atoms with E-state index in [1.807, 2.05) is 6.07 Å². The molecule has 0 aliphatic rings. The number of nitrogens with zero attached hydrogens (tertiary/aromatic N) is 2. The molecule has 2 aromatic rings. The third kappa shape index (κ3) is 3.70. The maximum atomic E-state index is 5.88. The summed E-state index contributed by atoms with van der Waals surface area (Å²) in [5, 5.41) is 5.60. The van der Waals surface area contributed by atoms with Gasteiger partial charge < -0.3 is 11.1 Å². The molecule has 2 rings (SSSR count). The van der Waals surface area contributed by atoms with E-state index in [0.29, 0.717) is 5.82 Å². The Kier molecular flexibility index (Phi) is 4.95. The number of thiophene rings is 1. The second kappa shape index (κ2) is 6.70. The van der Waals surface area contributed by atoms with E-state index in [4.69, 9.17) is 5.73 Å². The Bertz CT molecular complexity index is 537. The molecule has 2 heterocycles. The van der Waals surface area contributed by atoms with Crippen LogP contribution >= 0.6 is 11.3 Å². The highest BCUT2D eigenvalue weighted by atomic mass is 32.1. The molecule has 5 heteroatoms. The first-order valence-electron chi connectivity index (χ1n) is 7.04. The molecule has 1 atom stereocenters. The van der Waals surface area contributed by atoms with Gasteiger partial charge in [0.15, 0.2) is 0 Å². The van der Waals surface area contributed by atoms with Crippen LogP contribution in [0.4, 0.5) is 11.6 Å². The summed E-state index contributed by atoms with van der Waals surface area (Å²) in [6.45, 7) is 6.33. The Balaban J connectivity index is 2.22. The molecular formula is C15H22N4S. The zero-order valence-electron chi connectivity index (χ0n) is 12.3. The normalized spacial score (nSPS) is 12.6. The molecule has 108 valence electrons. The second-order valence-electron chi connectivity index (χ2n) is 5.19. The summed E-state index contributed by atoms with van der Waals surface area (Å²) in [6, 6.07) is 6.33. The smallest absolute Gasteiger partial charge is 0.135 e. The Morgan fingerprint density at radius 1 is 1.35 bits per heavy atom. The number of hydrogen-bond donors (Lipinski definition) is 2. The zero-order valence-corrected chi connectivity index (χ0v) is 13.1. The van der Waals surface area contributed by atoms with Gasteiger partial charge in [0.05, 0.1) is 6.04 Å². The highest BCUT2D eigenvalue weighted by Gasteiger charge is 2.14. The molecule has 0 aromatic carbocycles. The van der Waals surface area contributed by atoms with Crippen LogP contribution < -0.4 is 11.1 Å². The molecule has 0 aliphatic carbocycles. The van der Waals surface area contributed by atoms with Crippen molar-refractivity contribution in [1.82, 2.24) is 9.97 Å². The van der Waals surface area contributed by atoms with Crippen molar-refractivity contribution >= 4 is 23.0 Å². The zero-order chi connectivity index (χ0) is 14.5. The van der Waals surface area contributed by atoms with Gasteiger partial charge in [-0.1, -0.05) is 33.3 Å². The Hall–Kier alpha value is -1.62. The molecule has 0 saturated heterocycles. The van der Waals surface area contributed by atoms with Crippen LogP contribution in [0.15, 0.2) is 23.6 Å². The van der Waals surface area contributed by atoms with E-state index in [-0.39, 0.29) is 12.0 Å². The topological polar surface area (TPSA) is 63.8 Å². The van der Waals surface area contributed by atoms with E-state index < -0.39 is 0 Å². The molecule has 0 bridgehead atoms. The van der Waals surface area contributed by atoms with Crippen molar-refractivity contribution in [1.29, 1.82) is 0 Å². The van der Waals surface area contributed by atoms with Gasteiger partial charge in [0.2, 0.25) is 0 Å². The van der Waals surface area contributed by atoms with Gasteiger partial charge in [-0.2, -0.15) is 0 Å². The molecular weight excluding hydrogens is 268 g/mol. The fraction of sp³-hybridized carbons (Fsp3) is 0.467. The van der Waals surface area contributed by atoms with Crippen LogP contribution in [0.1, 0.15) is 56.3 Å². The van der Waals surface area contributed by atoms with Crippen LogP contribution in [0.3, 0.4) is 0 Å². The van der Waals surface area contributed by atoms with Crippen molar-refractivity contribution in [2.45, 2.75) is 45.6 Å². The molecule has 0 fully saturated rings. The molecule has 0 aliphatic heterocycles. The van der Waals surface area contributed by atoms with Gasteiger partial charge in [0.1, 0.15) is 17.5 Å². The van der Waals surface area contributed by atoms with Gasteiger partial charge in [-0.05, 0) is 17.9 Å². The number of nitrogen functional groups attached to an aromatic ring is 1. The van der Waals surface area contributed by atoms with Crippen LogP contribution in [0, 0.1) is 0 Å². The number of hydrogen-bond acceptors (Lipinski definition) is 5. The molecule has 20 heavy (non-hydrogen) atoms. The molecule has 3 N–H and O–H groups in total. The van der Waals surface area contributed by atoms with Crippen LogP contribution in [0.25, 0.3) is 0 Å². The van der Waals surface area contributed by atoms with Crippen LogP contribution in [0.5, 0.6) is 0 Å². The van der Waals surface area contributed by atoms with E-state index >= 15 is 0 Å². The first-order chi connectivity index (χ1) is 9.60. The third-order valence-electron chi connectivity index (χ3n) is 3.07. The van der Waals surface area contributed by atoms with E-state index in [0.717, 1.165) is 24.5 Å². The van der Waals surface area contributed by atoms with Crippen molar-refractivity contribution < 1.29 is 0 Å². The van der Waals surface area contributed by atoms with E-state index in [9.17, 15) is 0 Å². The fourth-order valence-electron chi connectivity index (χ4n) is 2.06. The first-order valence-corrected chi connectivity index (χ1v) is 7.92. The van der Waals surface area contributed by atoms with Gasteiger partial charge in [-0.3, -0.25) is 0 Å². The standard InChI is InChI=1S/C15H22N4S/c1-4-6-11(12-7-5-8-20-12)17-14-9-13(16)18-15(19-14)10(2)3/h5,7-11H,4,6H2,1-3H3,(H3,16,17,18,19). The van der Waals surface area contributed by atoms with Crippen molar-refractivity contribution in [3.63, 3.8) is 0 Å². The van der Waals surface area contributed by atoms with E-state index in [1.165, 1.54) is 4.88 Å². The molecule has 2 aromatic heterocycles. The third-order valence-corrected chi connectivity index (χ3v) is 4.05. The summed E-state index contributed by atoms with van der Waals surface area (Å²) in [6.07, 6.45) is 2.19. The van der Waals surface area contributed by atoms with Crippen molar-refractivity contribution in [3.05, 3.63) is 34.3 Å². The lowest BCUT2D eigenvalue weighted by molar-refractivity contribution is 0.681. The number of nitrogens with two attached hydrogens (primary N) is 1. The molecule has 0 amide bonds. The largest absolute Gasteiger partial charge is 0.384 e. The monoisotopic (exact) mass is 290 g/mol. The predicted octanol–water partition coefficient (Wildman–Crippen LogP) is 4.20. The Labute approximate surface area is 124 Å². The van der Waals surface area contributed by atoms with Crippen LogP contribution in [-0.2, 0) is 0 Å². The van der Waals surface area contributed by atoms with Crippen LogP contribution in [0.2, 0.25) is 0 Å². The maximum absolute atomic E-state index is 5.88. The number of aromatic nitrogens is 2. The SMILES string of the molecule is CCCC(Nc1cc(N)nc(C(C)C)n1)c1cccs1. The summed E-state index contributed by atoms with van der Waals surface area (Å²) < 4.78 is 0. The Morgan fingerprint density at radius 3 is 2.75 bits per heavy atom. The minimum atomic E-state index is 0.269. The van der Waals surface area contributed by atoms with E-state index in [1.54, 1.807) is 11.3 Å². The number of anilines is 2. The lowest BCUT2D eigenvalue weighted by atomic mass is 10.1. The summed E-state index contributed by atoms with van der Waals surface area (Å²) in [7, 11) is 0. The predicted molar refractivity (Wildman–Crippen MR) is 86.1 cm³/mol. The number of nitrogens with one attached hydrogen (secondary N) is 1. The van der Waals surface area contributed by atoms with Gasteiger partial charge in [-0.25, -0.2) is 9.97 Å². The number of rotatable bonds is 6. The summed E-state index contributed by atoms with van der Waals surface area (Å²) in [4.78, 5) is 10.2. The molecule has 0 radical (unpaired) electrons. The van der Waals surface area contributed by atoms with Gasteiger partial charge in [-0.15, -0.1) is 11.3 Å². The fourth-order valence-corrected chi connectivity index (χ4v) is 2.87. The average molecular weight is 290 g/mol. The van der Waals surface area contributed by atoms with Crippen molar-refractivity contribution in [3.8, 4) is 0 Å². The van der Waals surface area contributed by atoms with Gasteiger partial charge >= 0.3 is 0 Å². The molecule has 4 nitrogen and oxygen atoms in total. The second-order valence-corrected chi connectivity index (χ2v) is 6.17. The summed E-state index contributed by atoms with van der Waals surface area (Å²) >= 11 is 1.77. The lowest BCUT2D eigenvalue weighted by Gasteiger charge is -2.18. The maximum Gasteiger partial charge on any atom is 0.135 e. The van der Waals surface area contributed by atoms with Crippen LogP contribution in [-0.4, -0.2) is 9.97 Å². The average Bonchev–Trinajstić information content (AvgIpc) is 2.91. The first kappa shape index (κ1) is 14.8. The molecule has 0 saturated carbocycles. The Morgan fingerprint density at radius 2 is 2.15 bits per heavy atom. The highest BCUT2D eigenvalue weighted by molar-refractivity contribution is 7.10. The minimum Gasteiger partial charge on any atom is -0.384 e. The van der Waals surface area contributed by atoms with Crippen molar-refractivity contribution in [2.75, 3.05) is 11.1 Å². The summed E-state index contributed by atoms with van der Waals surface area (Å²) in [5.41, 5.74) is 5.88. The van der Waals surface area contributed by atoms with Gasteiger partial charge in [0.25, 0.3) is 0 Å². The summed E-state index contributed by atoms with van der Waals surface area (Å²) in [5.74, 6) is 2.39.